The third-order valence-electron chi connectivity index (χ3n) is 4.96. The topological polar surface area (TPSA) is 54.3 Å². The van der Waals surface area contributed by atoms with E-state index in [0.717, 1.165) is 38.3 Å². The Hall–Kier alpha value is -2.21. The molecule has 2 fully saturated rings. The fourth-order valence-electron chi connectivity index (χ4n) is 3.82. The lowest BCUT2D eigenvalue weighted by Crippen LogP contribution is -2.45. The van der Waals surface area contributed by atoms with Gasteiger partial charge in [0.25, 0.3) is 0 Å². The molecule has 6 heteroatoms. The van der Waals surface area contributed by atoms with Crippen molar-refractivity contribution >= 4 is 11.6 Å². The number of carbonyl (C=O) groups excluding carboxylic acids is 1. The van der Waals surface area contributed by atoms with E-state index in [1.807, 2.05) is 30.4 Å². The van der Waals surface area contributed by atoms with Crippen LogP contribution in [0.15, 0.2) is 36.9 Å². The first kappa shape index (κ1) is 14.4. The molecule has 0 spiro atoms. The Kier molecular flexibility index (Phi) is 3.61. The van der Waals surface area contributed by atoms with Gasteiger partial charge >= 0.3 is 0 Å². The highest BCUT2D eigenvalue weighted by atomic mass is 16.2. The minimum Gasteiger partial charge on any atom is -0.309 e. The number of piperidine rings is 1. The zero-order chi connectivity index (χ0) is 15.8. The van der Waals surface area contributed by atoms with E-state index in [1.165, 1.54) is 5.56 Å². The summed E-state index contributed by atoms with van der Waals surface area (Å²) in [5, 5.41) is 4.19. The monoisotopic (exact) mass is 311 g/mol. The summed E-state index contributed by atoms with van der Waals surface area (Å²) < 4.78 is 1.75. The lowest BCUT2D eigenvalue weighted by Gasteiger charge is -2.32. The second-order valence-corrected chi connectivity index (χ2v) is 6.57. The quantitative estimate of drug-likeness (QED) is 0.857. The van der Waals surface area contributed by atoms with Gasteiger partial charge in [0.15, 0.2) is 0 Å². The smallest absolute Gasteiger partial charge is 0.231 e. The summed E-state index contributed by atoms with van der Waals surface area (Å²) in [6.45, 7) is 3.52. The molecular formula is C17H21N5O. The van der Waals surface area contributed by atoms with Crippen LogP contribution in [0.5, 0.6) is 0 Å². The van der Waals surface area contributed by atoms with Gasteiger partial charge in [-0.25, -0.2) is 0 Å². The van der Waals surface area contributed by atoms with Gasteiger partial charge in [-0.2, -0.15) is 5.10 Å². The molecule has 0 bridgehead atoms. The van der Waals surface area contributed by atoms with Crippen LogP contribution in [0.2, 0.25) is 0 Å². The van der Waals surface area contributed by atoms with Gasteiger partial charge in [0.2, 0.25) is 5.91 Å². The highest BCUT2D eigenvalue weighted by Gasteiger charge is 2.43. The molecular weight excluding hydrogens is 290 g/mol. The fourth-order valence-corrected chi connectivity index (χ4v) is 3.82. The maximum atomic E-state index is 12.9. The molecule has 4 heterocycles. The number of fused-ring (bicyclic) bond motifs is 1. The summed E-state index contributed by atoms with van der Waals surface area (Å²) in [5.41, 5.74) is 2.13. The molecule has 4 rings (SSSR count). The van der Waals surface area contributed by atoms with Crippen LogP contribution in [0.1, 0.15) is 12.0 Å². The number of carbonyl (C=O) groups is 1. The van der Waals surface area contributed by atoms with Crippen molar-refractivity contribution in [2.45, 2.75) is 13.0 Å². The lowest BCUT2D eigenvalue weighted by molar-refractivity contribution is -0.124. The Labute approximate surface area is 135 Å². The molecule has 2 aromatic heterocycles. The predicted molar refractivity (Wildman–Crippen MR) is 86.7 cm³/mol. The second-order valence-electron chi connectivity index (χ2n) is 6.57. The molecule has 2 aromatic rings. The first-order valence-corrected chi connectivity index (χ1v) is 8.12. The Morgan fingerprint density at radius 1 is 1.30 bits per heavy atom. The van der Waals surface area contributed by atoms with Crippen LogP contribution >= 0.6 is 0 Å². The Morgan fingerprint density at radius 2 is 2.22 bits per heavy atom. The predicted octanol–water partition coefficient (Wildman–Crippen LogP) is 1.30. The Morgan fingerprint density at radius 3 is 2.96 bits per heavy atom. The number of pyridine rings is 1. The van der Waals surface area contributed by atoms with Gasteiger partial charge < -0.3 is 4.90 Å². The summed E-state index contributed by atoms with van der Waals surface area (Å²) in [5.74, 6) is 0.843. The van der Waals surface area contributed by atoms with E-state index in [2.05, 4.69) is 21.0 Å². The van der Waals surface area contributed by atoms with Crippen molar-refractivity contribution in [2.24, 2.45) is 18.9 Å². The third-order valence-corrected chi connectivity index (χ3v) is 4.96. The van der Waals surface area contributed by atoms with E-state index in [-0.39, 0.29) is 11.8 Å². The van der Waals surface area contributed by atoms with E-state index in [9.17, 15) is 4.79 Å². The molecule has 2 aliphatic heterocycles. The van der Waals surface area contributed by atoms with Gasteiger partial charge in [-0.05, 0) is 24.0 Å². The Balaban J connectivity index is 1.46. The van der Waals surface area contributed by atoms with Gasteiger partial charge in [0.1, 0.15) is 0 Å². The molecule has 0 unspecified atom stereocenters. The van der Waals surface area contributed by atoms with Crippen molar-refractivity contribution in [3.8, 4) is 0 Å². The molecule has 0 N–H and O–H groups in total. The van der Waals surface area contributed by atoms with Crippen molar-refractivity contribution in [1.29, 1.82) is 0 Å². The number of amides is 1. The molecule has 120 valence electrons. The number of nitrogens with zero attached hydrogens (tertiary/aromatic N) is 5. The molecule has 2 aliphatic rings. The van der Waals surface area contributed by atoms with E-state index in [0.29, 0.717) is 5.92 Å². The lowest BCUT2D eigenvalue weighted by atomic mass is 9.88. The van der Waals surface area contributed by atoms with Crippen LogP contribution in [-0.2, 0) is 18.4 Å². The molecule has 1 amide bonds. The van der Waals surface area contributed by atoms with Gasteiger partial charge in [-0.15, -0.1) is 0 Å². The maximum Gasteiger partial charge on any atom is 0.231 e. The van der Waals surface area contributed by atoms with Gasteiger partial charge in [0.05, 0.1) is 17.8 Å². The minimum absolute atomic E-state index is 0.112. The van der Waals surface area contributed by atoms with E-state index >= 15 is 0 Å². The first-order chi connectivity index (χ1) is 11.2. The zero-order valence-corrected chi connectivity index (χ0v) is 13.3. The normalized spacial score (nSPS) is 24.9. The number of likely N-dealkylation sites (tertiary alicyclic amines) is 1. The summed E-state index contributed by atoms with van der Waals surface area (Å²) in [4.78, 5) is 21.3. The molecule has 0 radical (unpaired) electrons. The Bertz CT molecular complexity index is 698. The number of aryl methyl sites for hydroxylation is 1. The highest BCUT2D eigenvalue weighted by molar-refractivity contribution is 5.96. The van der Waals surface area contributed by atoms with Gasteiger partial charge in [-0.3, -0.25) is 19.4 Å². The van der Waals surface area contributed by atoms with E-state index < -0.39 is 0 Å². The van der Waals surface area contributed by atoms with Crippen molar-refractivity contribution in [3.05, 3.63) is 42.5 Å². The number of aromatic nitrogens is 3. The van der Waals surface area contributed by atoms with E-state index in [1.54, 1.807) is 17.1 Å². The van der Waals surface area contributed by atoms with Gasteiger partial charge in [-0.1, -0.05) is 6.07 Å². The average Bonchev–Trinajstić information content (AvgIpc) is 3.15. The number of hydrogen-bond donors (Lipinski definition) is 0. The standard InChI is InChI=1S/C17H21N5O/c1-20-11-15(8-19-20)22-6-4-14-10-21(12-16(14)17(22)23)9-13-3-2-5-18-7-13/h2-3,5,7-8,11,14,16H,4,6,9-10,12H2,1H3/t14-,16+/m1/s1. The van der Waals surface area contributed by atoms with Crippen LogP contribution in [-0.4, -0.2) is 45.2 Å². The first-order valence-electron chi connectivity index (χ1n) is 8.12. The second kappa shape index (κ2) is 5.77. The van der Waals surface area contributed by atoms with Crippen LogP contribution < -0.4 is 4.90 Å². The van der Waals surface area contributed by atoms with Crippen molar-refractivity contribution in [2.75, 3.05) is 24.5 Å². The highest BCUT2D eigenvalue weighted by Crippen LogP contribution is 2.34. The SMILES string of the molecule is Cn1cc(N2CC[C@@H]3CN(Cc4cccnc4)C[C@@H]3C2=O)cn1. The van der Waals surface area contributed by atoms with Crippen molar-refractivity contribution in [1.82, 2.24) is 19.7 Å². The molecule has 6 nitrogen and oxygen atoms in total. The molecule has 2 atom stereocenters. The van der Waals surface area contributed by atoms with Gasteiger partial charge in [0, 0.05) is 51.8 Å². The summed E-state index contributed by atoms with van der Waals surface area (Å²) >= 11 is 0. The van der Waals surface area contributed by atoms with Crippen LogP contribution in [0, 0.1) is 11.8 Å². The number of anilines is 1. The molecule has 0 aromatic carbocycles. The van der Waals surface area contributed by atoms with Crippen molar-refractivity contribution in [3.63, 3.8) is 0 Å². The van der Waals surface area contributed by atoms with Crippen LogP contribution in [0.25, 0.3) is 0 Å². The molecule has 23 heavy (non-hydrogen) atoms. The summed E-state index contributed by atoms with van der Waals surface area (Å²) in [7, 11) is 1.88. The molecule has 2 saturated heterocycles. The number of hydrogen-bond acceptors (Lipinski definition) is 4. The molecule has 0 saturated carbocycles. The van der Waals surface area contributed by atoms with Crippen LogP contribution in [0.4, 0.5) is 5.69 Å². The summed E-state index contributed by atoms with van der Waals surface area (Å²) in [6, 6.07) is 4.06. The van der Waals surface area contributed by atoms with Crippen molar-refractivity contribution < 1.29 is 4.79 Å². The maximum absolute atomic E-state index is 12.9. The van der Waals surface area contributed by atoms with E-state index in [4.69, 9.17) is 0 Å². The minimum atomic E-state index is 0.112. The largest absolute Gasteiger partial charge is 0.309 e. The third kappa shape index (κ3) is 2.74. The zero-order valence-electron chi connectivity index (χ0n) is 13.3. The van der Waals surface area contributed by atoms with Crippen LogP contribution in [0.3, 0.4) is 0 Å². The molecule has 0 aliphatic carbocycles. The summed E-state index contributed by atoms with van der Waals surface area (Å²) in [6.07, 6.45) is 8.46. The number of rotatable bonds is 3. The fraction of sp³-hybridized carbons (Fsp3) is 0.471. The average molecular weight is 311 g/mol.